The van der Waals surface area contributed by atoms with E-state index < -0.39 is 5.97 Å². The first-order valence-electron chi connectivity index (χ1n) is 9.60. The van der Waals surface area contributed by atoms with Crippen molar-refractivity contribution in [3.63, 3.8) is 0 Å². The molecule has 4 aromatic rings. The van der Waals surface area contributed by atoms with Crippen molar-refractivity contribution < 1.29 is 9.90 Å². The van der Waals surface area contributed by atoms with Crippen molar-refractivity contribution in [2.24, 2.45) is 0 Å². The number of aliphatic carboxylic acids is 1. The van der Waals surface area contributed by atoms with Crippen LogP contribution in [0, 0.1) is 6.92 Å². The Balaban J connectivity index is 1.83. The molecule has 0 aliphatic heterocycles. The monoisotopic (exact) mass is 382 g/mol. The molecule has 0 fully saturated rings. The maximum Gasteiger partial charge on any atom is 0.307 e. The third-order valence-corrected chi connectivity index (χ3v) is 5.05. The number of rotatable bonds is 6. The molecule has 144 valence electrons. The van der Waals surface area contributed by atoms with Crippen LogP contribution in [0.5, 0.6) is 0 Å². The topological polar surface area (TPSA) is 55.1 Å². The fourth-order valence-corrected chi connectivity index (χ4v) is 3.73. The van der Waals surface area contributed by atoms with Crippen molar-refractivity contribution in [2.45, 2.75) is 19.9 Å². The maximum atomic E-state index is 11.5. The van der Waals surface area contributed by atoms with Crippen molar-refractivity contribution in [1.82, 2.24) is 9.78 Å². The predicted octanol–water partition coefficient (Wildman–Crippen LogP) is 5.20. The molecule has 0 saturated carbocycles. The molecular weight excluding hydrogens is 360 g/mol. The van der Waals surface area contributed by atoms with E-state index >= 15 is 0 Å². The van der Waals surface area contributed by atoms with E-state index in [4.69, 9.17) is 5.10 Å². The smallest absolute Gasteiger partial charge is 0.307 e. The Morgan fingerprint density at radius 1 is 0.862 bits per heavy atom. The number of aromatic nitrogens is 2. The largest absolute Gasteiger partial charge is 0.481 e. The normalized spacial score (nSPS) is 10.8. The molecule has 0 aliphatic rings. The highest BCUT2D eigenvalue weighted by Gasteiger charge is 2.20. The zero-order valence-corrected chi connectivity index (χ0v) is 16.2. The summed E-state index contributed by atoms with van der Waals surface area (Å²) in [5.41, 5.74) is 6.80. The highest BCUT2D eigenvalue weighted by Crippen LogP contribution is 2.30. The molecule has 0 bridgehead atoms. The fraction of sp³-hybridized carbons (Fsp3) is 0.120. The summed E-state index contributed by atoms with van der Waals surface area (Å²) in [5, 5.41) is 14.1. The zero-order chi connectivity index (χ0) is 20.2. The van der Waals surface area contributed by atoms with E-state index in [1.165, 1.54) is 0 Å². The first-order valence-corrected chi connectivity index (χ1v) is 9.60. The molecule has 29 heavy (non-hydrogen) atoms. The molecule has 4 nitrogen and oxygen atoms in total. The summed E-state index contributed by atoms with van der Waals surface area (Å²) in [7, 11) is 0. The van der Waals surface area contributed by atoms with Crippen LogP contribution in [0.2, 0.25) is 0 Å². The minimum atomic E-state index is -0.852. The van der Waals surface area contributed by atoms with E-state index in [0.29, 0.717) is 6.54 Å². The summed E-state index contributed by atoms with van der Waals surface area (Å²) in [4.78, 5) is 11.5. The van der Waals surface area contributed by atoms with Gasteiger partial charge in [0.25, 0.3) is 0 Å². The lowest BCUT2D eigenvalue weighted by Gasteiger charge is -2.13. The molecule has 0 radical (unpaired) electrons. The van der Waals surface area contributed by atoms with Crippen molar-refractivity contribution >= 4 is 5.97 Å². The summed E-state index contributed by atoms with van der Waals surface area (Å²) in [5.74, 6) is -0.852. The van der Waals surface area contributed by atoms with Crippen LogP contribution in [0.25, 0.3) is 22.4 Å². The number of carbonyl (C=O) groups is 1. The van der Waals surface area contributed by atoms with E-state index in [9.17, 15) is 9.90 Å². The third kappa shape index (κ3) is 3.97. The van der Waals surface area contributed by atoms with E-state index in [0.717, 1.165) is 39.2 Å². The van der Waals surface area contributed by atoms with Gasteiger partial charge in [0.2, 0.25) is 0 Å². The van der Waals surface area contributed by atoms with Gasteiger partial charge in [0.05, 0.1) is 24.4 Å². The number of nitrogens with zero attached hydrogens (tertiary/aromatic N) is 2. The Bertz CT molecular complexity index is 1130. The van der Waals surface area contributed by atoms with Gasteiger partial charge in [0, 0.05) is 11.1 Å². The number of carboxylic acid groups (broad SMARTS) is 1. The Morgan fingerprint density at radius 3 is 2.10 bits per heavy atom. The van der Waals surface area contributed by atoms with E-state index in [2.05, 4.69) is 24.3 Å². The average Bonchev–Trinajstić information content (AvgIpc) is 3.04. The molecular formula is C25H22N2O2. The summed E-state index contributed by atoms with van der Waals surface area (Å²) < 4.78 is 1.94. The van der Waals surface area contributed by atoms with Crippen molar-refractivity contribution in [1.29, 1.82) is 0 Å². The first kappa shape index (κ1) is 18.7. The molecule has 1 aromatic heterocycles. The Hall–Kier alpha value is -3.66. The number of aryl methyl sites for hydroxylation is 1. The number of benzene rings is 3. The predicted molar refractivity (Wildman–Crippen MR) is 115 cm³/mol. The lowest BCUT2D eigenvalue weighted by molar-refractivity contribution is -0.136. The van der Waals surface area contributed by atoms with Crippen molar-refractivity contribution in [3.8, 4) is 22.4 Å². The second-order valence-electron chi connectivity index (χ2n) is 7.03. The molecule has 1 heterocycles. The number of carboxylic acids is 1. The van der Waals surface area contributed by atoms with Gasteiger partial charge in [-0.15, -0.1) is 0 Å². The van der Waals surface area contributed by atoms with Crippen molar-refractivity contribution in [3.05, 3.63) is 102 Å². The standard InChI is InChI=1S/C25H22N2O2/c1-18-23(16-24(28)29)25(20-12-6-3-7-13-20)27(26-18)17-21-14-8-9-15-22(21)19-10-4-2-5-11-19/h2-15H,16-17H2,1H3,(H,28,29). The molecule has 0 atom stereocenters. The fourth-order valence-electron chi connectivity index (χ4n) is 3.73. The minimum Gasteiger partial charge on any atom is -0.481 e. The van der Waals surface area contributed by atoms with Crippen LogP contribution >= 0.6 is 0 Å². The number of hydrogen-bond acceptors (Lipinski definition) is 2. The molecule has 0 aliphatic carbocycles. The molecule has 0 amide bonds. The van der Waals surface area contributed by atoms with Crippen molar-refractivity contribution in [2.75, 3.05) is 0 Å². The van der Waals surface area contributed by atoms with Gasteiger partial charge in [0.1, 0.15) is 0 Å². The van der Waals surface area contributed by atoms with Gasteiger partial charge in [-0.05, 0) is 23.6 Å². The van der Waals surface area contributed by atoms with Crippen LogP contribution in [0.1, 0.15) is 16.8 Å². The molecule has 0 spiro atoms. The van der Waals surface area contributed by atoms with Gasteiger partial charge in [-0.3, -0.25) is 9.48 Å². The van der Waals surface area contributed by atoms with E-state index in [1.54, 1.807) is 0 Å². The molecule has 0 unspecified atom stereocenters. The molecule has 4 heteroatoms. The minimum absolute atomic E-state index is 0.0452. The lowest BCUT2D eigenvalue weighted by atomic mass is 9.99. The number of hydrogen-bond donors (Lipinski definition) is 1. The van der Waals surface area contributed by atoms with Crippen LogP contribution in [0.4, 0.5) is 0 Å². The van der Waals surface area contributed by atoms with Gasteiger partial charge in [-0.25, -0.2) is 0 Å². The maximum absolute atomic E-state index is 11.5. The van der Waals surface area contributed by atoms with Crippen LogP contribution in [0.15, 0.2) is 84.9 Å². The molecule has 1 N–H and O–H groups in total. The second-order valence-corrected chi connectivity index (χ2v) is 7.03. The second kappa shape index (κ2) is 8.15. The quantitative estimate of drug-likeness (QED) is 0.499. The van der Waals surface area contributed by atoms with Gasteiger partial charge >= 0.3 is 5.97 Å². The lowest BCUT2D eigenvalue weighted by Crippen LogP contribution is -2.07. The van der Waals surface area contributed by atoms with E-state index in [1.807, 2.05) is 72.3 Å². The Kier molecular flexibility index (Phi) is 5.25. The van der Waals surface area contributed by atoms with Crippen LogP contribution in [-0.4, -0.2) is 20.9 Å². The molecule has 3 aromatic carbocycles. The molecule has 4 rings (SSSR count). The Labute approximate surface area is 170 Å². The van der Waals surface area contributed by atoms with Crippen LogP contribution in [-0.2, 0) is 17.8 Å². The average molecular weight is 382 g/mol. The third-order valence-electron chi connectivity index (χ3n) is 5.05. The van der Waals surface area contributed by atoms with Gasteiger partial charge in [-0.1, -0.05) is 84.9 Å². The van der Waals surface area contributed by atoms with Gasteiger partial charge in [-0.2, -0.15) is 5.10 Å². The highest BCUT2D eigenvalue weighted by atomic mass is 16.4. The Morgan fingerprint density at radius 2 is 1.45 bits per heavy atom. The van der Waals surface area contributed by atoms with Gasteiger partial charge < -0.3 is 5.11 Å². The summed E-state index contributed by atoms with van der Waals surface area (Å²) in [6, 6.07) is 28.4. The SMILES string of the molecule is Cc1nn(Cc2ccccc2-c2ccccc2)c(-c2ccccc2)c1CC(=O)O. The summed E-state index contributed by atoms with van der Waals surface area (Å²) >= 11 is 0. The molecule has 0 saturated heterocycles. The van der Waals surface area contributed by atoms with Crippen LogP contribution < -0.4 is 0 Å². The van der Waals surface area contributed by atoms with E-state index in [-0.39, 0.29) is 6.42 Å². The summed E-state index contributed by atoms with van der Waals surface area (Å²) in [6.45, 7) is 2.44. The first-order chi connectivity index (χ1) is 14.1. The van der Waals surface area contributed by atoms with Crippen LogP contribution in [0.3, 0.4) is 0 Å². The summed E-state index contributed by atoms with van der Waals surface area (Å²) in [6.07, 6.45) is -0.0452. The highest BCUT2D eigenvalue weighted by molar-refractivity contribution is 5.76. The zero-order valence-electron chi connectivity index (χ0n) is 16.2. The van der Waals surface area contributed by atoms with Gasteiger partial charge in [0.15, 0.2) is 0 Å².